The van der Waals surface area contributed by atoms with E-state index in [-0.39, 0.29) is 40.9 Å². The lowest BCUT2D eigenvalue weighted by molar-refractivity contribution is -0.135. The van der Waals surface area contributed by atoms with Gasteiger partial charge in [0.2, 0.25) is 17.6 Å². The number of rotatable bonds is 6. The molecule has 0 spiro atoms. The van der Waals surface area contributed by atoms with Crippen molar-refractivity contribution < 1.29 is 28.3 Å². The highest BCUT2D eigenvalue weighted by Crippen LogP contribution is 2.39. The quantitative estimate of drug-likeness (QED) is 0.441. The monoisotopic (exact) mass is 593 g/mol. The molecule has 11 nitrogen and oxygen atoms in total. The first-order chi connectivity index (χ1) is 20.4. The number of amides is 4. The maximum atomic E-state index is 14.3. The Morgan fingerprint density at radius 1 is 1.00 bits per heavy atom. The van der Waals surface area contributed by atoms with Gasteiger partial charge in [0.05, 0.1) is 18.2 Å². The van der Waals surface area contributed by atoms with Gasteiger partial charge in [0.15, 0.2) is 0 Å². The van der Waals surface area contributed by atoms with Gasteiger partial charge in [0.1, 0.15) is 17.1 Å². The molecule has 0 atom stereocenters. The van der Waals surface area contributed by atoms with Crippen LogP contribution in [0.2, 0.25) is 5.02 Å². The van der Waals surface area contributed by atoms with Crippen molar-refractivity contribution in [2.45, 2.75) is 44.9 Å². The van der Waals surface area contributed by atoms with Crippen molar-refractivity contribution in [3.63, 3.8) is 0 Å². The third-order valence-corrected chi connectivity index (χ3v) is 8.27. The zero-order chi connectivity index (χ0) is 29.2. The van der Waals surface area contributed by atoms with E-state index in [0.29, 0.717) is 80.1 Å². The number of aromatic nitrogens is 1. The lowest BCUT2D eigenvalue weighted by atomic mass is 9.88. The van der Waals surface area contributed by atoms with Crippen LogP contribution in [0.15, 0.2) is 40.9 Å². The summed E-state index contributed by atoms with van der Waals surface area (Å²) in [5, 5.41) is 6.30. The fourth-order valence-corrected chi connectivity index (χ4v) is 5.98. The number of furan rings is 1. The molecule has 2 aromatic heterocycles. The predicted molar refractivity (Wildman–Crippen MR) is 155 cm³/mol. The average molecular weight is 594 g/mol. The number of halogens is 1. The van der Waals surface area contributed by atoms with E-state index in [2.05, 4.69) is 10.3 Å². The van der Waals surface area contributed by atoms with Gasteiger partial charge in [-0.25, -0.2) is 15.0 Å². The molecule has 3 fully saturated rings. The van der Waals surface area contributed by atoms with E-state index in [1.54, 1.807) is 35.2 Å². The van der Waals surface area contributed by atoms with Crippen molar-refractivity contribution in [2.24, 2.45) is 5.92 Å². The van der Waals surface area contributed by atoms with E-state index in [0.717, 1.165) is 19.3 Å². The number of anilines is 2. The van der Waals surface area contributed by atoms with Gasteiger partial charge < -0.3 is 19.4 Å². The summed E-state index contributed by atoms with van der Waals surface area (Å²) in [6.07, 6.45) is 6.56. The minimum atomic E-state index is -0.648. The maximum absolute atomic E-state index is 14.3. The number of nitrogens with zero attached hydrogens (tertiary/aromatic N) is 4. The van der Waals surface area contributed by atoms with E-state index in [1.807, 2.05) is 0 Å². The molecule has 12 heteroatoms. The second-order valence-corrected chi connectivity index (χ2v) is 11.3. The van der Waals surface area contributed by atoms with E-state index in [4.69, 9.17) is 20.8 Å². The molecule has 1 N–H and O–H groups in total. The van der Waals surface area contributed by atoms with Crippen LogP contribution in [0.25, 0.3) is 11.0 Å². The Morgan fingerprint density at radius 3 is 2.48 bits per heavy atom. The molecule has 1 aliphatic carbocycles. The highest BCUT2D eigenvalue weighted by atomic mass is 35.5. The maximum Gasteiger partial charge on any atom is 0.294 e. The number of carbonyl (C=O) groups is 4. The lowest BCUT2D eigenvalue weighted by Crippen LogP contribution is -2.50. The summed E-state index contributed by atoms with van der Waals surface area (Å²) in [6, 6.07) is 8.06. The number of pyridine rings is 1. The van der Waals surface area contributed by atoms with Crippen LogP contribution in [0.3, 0.4) is 0 Å². The van der Waals surface area contributed by atoms with Crippen LogP contribution in [0.4, 0.5) is 11.5 Å². The molecule has 4 heterocycles. The van der Waals surface area contributed by atoms with Gasteiger partial charge in [-0.1, -0.05) is 30.9 Å². The minimum absolute atomic E-state index is 0.151. The van der Waals surface area contributed by atoms with E-state index in [9.17, 15) is 19.2 Å². The first kappa shape index (κ1) is 28.2. The molecule has 1 saturated carbocycles. The Hall–Kier alpha value is -3.96. The molecule has 3 aliphatic rings. The van der Waals surface area contributed by atoms with Crippen LogP contribution in [0.5, 0.6) is 0 Å². The topological polar surface area (TPSA) is 125 Å². The van der Waals surface area contributed by atoms with E-state index in [1.165, 1.54) is 16.2 Å². The summed E-state index contributed by atoms with van der Waals surface area (Å²) in [6.45, 7) is 2.16. The Balaban J connectivity index is 1.48. The summed E-state index contributed by atoms with van der Waals surface area (Å²) in [4.78, 5) is 60.4. The number of benzene rings is 1. The van der Waals surface area contributed by atoms with Crippen LogP contribution >= 0.6 is 11.6 Å². The summed E-state index contributed by atoms with van der Waals surface area (Å²) in [7, 11) is 0. The fraction of sp³-hybridized carbons (Fsp3) is 0.433. The molecule has 3 aromatic rings. The third kappa shape index (κ3) is 5.58. The molecule has 0 radical (unpaired) electrons. The number of fused-ring (bicyclic) bond motifs is 1. The molecule has 42 heavy (non-hydrogen) atoms. The van der Waals surface area contributed by atoms with Crippen LogP contribution in [0.1, 0.15) is 65.9 Å². The molecule has 4 amide bonds. The number of carbonyl (C=O) groups excluding carboxylic acids is 4. The van der Waals surface area contributed by atoms with Gasteiger partial charge in [-0.3, -0.25) is 19.2 Å². The number of hydrazine groups is 1. The molecule has 6 rings (SSSR count). The van der Waals surface area contributed by atoms with Crippen LogP contribution in [0, 0.1) is 5.92 Å². The summed E-state index contributed by atoms with van der Waals surface area (Å²) >= 11 is 5.96. The third-order valence-electron chi connectivity index (χ3n) is 8.05. The van der Waals surface area contributed by atoms with Crippen molar-refractivity contribution in [1.82, 2.24) is 14.9 Å². The SMILES string of the molecule is O=C(Nc1ccc(Cl)cn1)c1oc2ccc(C(=O)N3CCOCC3)cc2c1N(C(=O)C1CCCCC1)N1CCCC1=O. The van der Waals surface area contributed by atoms with Crippen molar-refractivity contribution in [3.8, 4) is 0 Å². The zero-order valence-electron chi connectivity index (χ0n) is 23.1. The van der Waals surface area contributed by atoms with Gasteiger partial charge >= 0.3 is 0 Å². The first-order valence-corrected chi connectivity index (χ1v) is 14.8. The van der Waals surface area contributed by atoms with Gasteiger partial charge in [-0.15, -0.1) is 0 Å². The summed E-state index contributed by atoms with van der Waals surface area (Å²) < 4.78 is 11.5. The molecule has 220 valence electrons. The van der Waals surface area contributed by atoms with Crippen molar-refractivity contribution in [3.05, 3.63) is 52.9 Å². The first-order valence-electron chi connectivity index (χ1n) is 14.4. The molecular weight excluding hydrogens is 562 g/mol. The van der Waals surface area contributed by atoms with Gasteiger partial charge in [0, 0.05) is 49.1 Å². The molecule has 0 unspecified atom stereocenters. The molecule has 2 saturated heterocycles. The van der Waals surface area contributed by atoms with Crippen molar-refractivity contribution >= 4 is 57.7 Å². The molecule has 2 aliphatic heterocycles. The zero-order valence-corrected chi connectivity index (χ0v) is 23.9. The van der Waals surface area contributed by atoms with Crippen LogP contribution < -0.4 is 10.3 Å². The average Bonchev–Trinajstić information content (AvgIpc) is 3.62. The standard InChI is InChI=1S/C30H32ClN5O6/c31-21-9-11-24(32-18-21)33-28(38)27-26(36(35-12-4-7-25(35)37)30(40)19-5-2-1-3-6-19)22-17-20(8-10-23(22)42-27)29(39)34-13-15-41-16-14-34/h8-11,17-19H,1-7,12-16H2,(H,32,33,38). The minimum Gasteiger partial charge on any atom is -0.449 e. The second-order valence-electron chi connectivity index (χ2n) is 10.8. The Labute approximate surface area is 247 Å². The number of hydrogen-bond donors (Lipinski definition) is 1. The smallest absolute Gasteiger partial charge is 0.294 e. The van der Waals surface area contributed by atoms with Crippen LogP contribution in [-0.4, -0.2) is 71.4 Å². The fourth-order valence-electron chi connectivity index (χ4n) is 5.87. The van der Waals surface area contributed by atoms with Gasteiger partial charge in [-0.2, -0.15) is 0 Å². The van der Waals surface area contributed by atoms with Crippen LogP contribution in [-0.2, 0) is 14.3 Å². The van der Waals surface area contributed by atoms with Crippen molar-refractivity contribution in [1.29, 1.82) is 0 Å². The highest BCUT2D eigenvalue weighted by molar-refractivity contribution is 6.30. The molecule has 0 bridgehead atoms. The van der Waals surface area contributed by atoms with Crippen molar-refractivity contribution in [2.75, 3.05) is 43.2 Å². The number of morpholine rings is 1. The normalized spacial score (nSPS) is 18.0. The molecule has 1 aromatic carbocycles. The Kier molecular flexibility index (Phi) is 8.12. The number of hydrogen-bond acceptors (Lipinski definition) is 7. The predicted octanol–water partition coefficient (Wildman–Crippen LogP) is 4.66. The van der Waals surface area contributed by atoms with E-state index < -0.39 is 5.91 Å². The Morgan fingerprint density at radius 2 is 1.79 bits per heavy atom. The Bertz CT molecular complexity index is 1510. The largest absolute Gasteiger partial charge is 0.449 e. The number of ether oxygens (including phenoxy) is 1. The summed E-state index contributed by atoms with van der Waals surface area (Å²) in [5.41, 5.74) is 0.848. The van der Waals surface area contributed by atoms with Gasteiger partial charge in [0.25, 0.3) is 11.8 Å². The summed E-state index contributed by atoms with van der Waals surface area (Å²) in [5.74, 6) is -1.51. The number of nitrogens with one attached hydrogen (secondary N) is 1. The van der Waals surface area contributed by atoms with E-state index >= 15 is 0 Å². The van der Waals surface area contributed by atoms with Gasteiger partial charge in [-0.05, 0) is 49.6 Å². The molecular formula is C30H32ClN5O6. The second kappa shape index (κ2) is 12.1. The lowest BCUT2D eigenvalue weighted by Gasteiger charge is -2.35. The highest BCUT2D eigenvalue weighted by Gasteiger charge is 2.40.